The molecule has 0 saturated carbocycles. The Morgan fingerprint density at radius 1 is 1.50 bits per heavy atom. The Balaban J connectivity index is 2.41. The summed E-state index contributed by atoms with van der Waals surface area (Å²) in [5.41, 5.74) is 7.18. The molecule has 0 fully saturated rings. The second-order valence-corrected chi connectivity index (χ2v) is 5.49. The maximum atomic E-state index is 8.81. The fraction of sp³-hybridized carbons (Fsp3) is 0.200. The van der Waals surface area contributed by atoms with Crippen LogP contribution in [0.2, 0.25) is 0 Å². The Morgan fingerprint density at radius 2 is 2.28 bits per heavy atom. The standard InChI is InChI=1S/C10H11N5OS2/c1-5-3-4-12-9(7(5)8(11)14-16)17-10-13-6(2)15-18-10/h3-4,16H,1-2H3,(H2,11,14). The summed E-state index contributed by atoms with van der Waals surface area (Å²) in [7, 11) is 0. The van der Waals surface area contributed by atoms with Crippen LogP contribution in [0.15, 0.2) is 26.8 Å². The van der Waals surface area contributed by atoms with E-state index in [1.165, 1.54) is 23.3 Å². The van der Waals surface area contributed by atoms with E-state index in [-0.39, 0.29) is 5.84 Å². The van der Waals surface area contributed by atoms with Crippen LogP contribution in [-0.2, 0) is 0 Å². The molecule has 0 aliphatic heterocycles. The highest BCUT2D eigenvalue weighted by Crippen LogP contribution is 2.30. The largest absolute Gasteiger partial charge is 0.409 e. The van der Waals surface area contributed by atoms with Gasteiger partial charge < -0.3 is 10.9 Å². The van der Waals surface area contributed by atoms with Crippen molar-refractivity contribution in [2.75, 3.05) is 0 Å². The molecule has 2 aromatic rings. The third-order valence-corrected chi connectivity index (χ3v) is 4.03. The van der Waals surface area contributed by atoms with E-state index in [1.807, 2.05) is 19.9 Å². The van der Waals surface area contributed by atoms with Crippen molar-refractivity contribution in [2.45, 2.75) is 23.2 Å². The molecular weight excluding hydrogens is 270 g/mol. The van der Waals surface area contributed by atoms with Gasteiger partial charge in [-0.3, -0.25) is 0 Å². The van der Waals surface area contributed by atoms with E-state index < -0.39 is 0 Å². The first-order valence-electron chi connectivity index (χ1n) is 5.03. The van der Waals surface area contributed by atoms with E-state index in [4.69, 9.17) is 10.9 Å². The first-order valence-corrected chi connectivity index (χ1v) is 6.62. The number of amidine groups is 1. The van der Waals surface area contributed by atoms with Crippen LogP contribution in [0.5, 0.6) is 0 Å². The summed E-state index contributed by atoms with van der Waals surface area (Å²) in [6.45, 7) is 3.71. The molecule has 0 unspecified atom stereocenters. The topological polar surface area (TPSA) is 97.3 Å². The molecule has 94 valence electrons. The van der Waals surface area contributed by atoms with Crippen LogP contribution in [0.4, 0.5) is 0 Å². The minimum atomic E-state index is 0.0457. The van der Waals surface area contributed by atoms with E-state index in [9.17, 15) is 0 Å². The molecule has 0 radical (unpaired) electrons. The monoisotopic (exact) mass is 281 g/mol. The highest BCUT2D eigenvalue weighted by atomic mass is 32.2. The Bertz CT molecular complexity index is 596. The van der Waals surface area contributed by atoms with E-state index >= 15 is 0 Å². The van der Waals surface area contributed by atoms with Gasteiger partial charge in [0.2, 0.25) is 0 Å². The van der Waals surface area contributed by atoms with Crippen molar-refractivity contribution in [1.82, 2.24) is 14.3 Å². The van der Waals surface area contributed by atoms with Crippen molar-refractivity contribution >= 4 is 29.1 Å². The van der Waals surface area contributed by atoms with Crippen LogP contribution in [-0.4, -0.2) is 25.4 Å². The van der Waals surface area contributed by atoms with Gasteiger partial charge in [-0.15, -0.1) is 0 Å². The van der Waals surface area contributed by atoms with E-state index in [1.54, 1.807) is 6.20 Å². The van der Waals surface area contributed by atoms with Crippen LogP contribution < -0.4 is 5.73 Å². The van der Waals surface area contributed by atoms with Gasteiger partial charge in [-0.1, -0.05) is 5.16 Å². The smallest absolute Gasteiger partial charge is 0.176 e. The molecule has 0 bridgehead atoms. The van der Waals surface area contributed by atoms with E-state index in [2.05, 4.69) is 19.5 Å². The van der Waals surface area contributed by atoms with Crippen LogP contribution in [0, 0.1) is 13.8 Å². The molecule has 0 aliphatic rings. The first-order chi connectivity index (χ1) is 8.61. The predicted octanol–water partition coefficient (Wildman–Crippen LogP) is 1.80. The van der Waals surface area contributed by atoms with Crippen molar-refractivity contribution in [1.29, 1.82) is 0 Å². The van der Waals surface area contributed by atoms with Crippen molar-refractivity contribution in [2.24, 2.45) is 10.9 Å². The van der Waals surface area contributed by atoms with Crippen molar-refractivity contribution in [3.05, 3.63) is 29.2 Å². The quantitative estimate of drug-likeness (QED) is 0.385. The SMILES string of the molecule is Cc1nsc(Sc2nccc(C)c2/C(N)=N/O)n1. The molecule has 2 aromatic heterocycles. The number of hydrogen-bond donors (Lipinski definition) is 2. The van der Waals surface area contributed by atoms with Gasteiger partial charge in [0.1, 0.15) is 10.9 Å². The highest BCUT2D eigenvalue weighted by Gasteiger charge is 2.14. The predicted molar refractivity (Wildman–Crippen MR) is 70.3 cm³/mol. The second-order valence-electron chi connectivity index (χ2n) is 3.50. The van der Waals surface area contributed by atoms with Gasteiger partial charge in [-0.25, -0.2) is 9.97 Å². The zero-order chi connectivity index (χ0) is 13.1. The maximum absolute atomic E-state index is 8.81. The molecular formula is C10H11N5OS2. The van der Waals surface area contributed by atoms with E-state index in [0.29, 0.717) is 10.6 Å². The Kier molecular flexibility index (Phi) is 3.78. The minimum absolute atomic E-state index is 0.0457. The van der Waals surface area contributed by atoms with Gasteiger partial charge in [0.05, 0.1) is 5.56 Å². The van der Waals surface area contributed by atoms with Gasteiger partial charge >= 0.3 is 0 Å². The number of nitrogens with two attached hydrogens (primary N) is 1. The summed E-state index contributed by atoms with van der Waals surface area (Å²) in [6.07, 6.45) is 1.68. The lowest BCUT2D eigenvalue weighted by Crippen LogP contribution is -2.16. The third-order valence-electron chi connectivity index (χ3n) is 2.18. The zero-order valence-electron chi connectivity index (χ0n) is 9.78. The molecule has 0 saturated heterocycles. The molecule has 2 rings (SSSR count). The van der Waals surface area contributed by atoms with Crippen LogP contribution in [0.3, 0.4) is 0 Å². The van der Waals surface area contributed by atoms with Crippen LogP contribution in [0.1, 0.15) is 17.0 Å². The first kappa shape index (κ1) is 12.8. The lowest BCUT2D eigenvalue weighted by Gasteiger charge is -2.07. The Hall–Kier alpha value is -1.67. The molecule has 8 heteroatoms. The molecule has 0 aromatic carbocycles. The average molecular weight is 281 g/mol. The summed E-state index contributed by atoms with van der Waals surface area (Å²) in [5, 5.41) is 12.5. The molecule has 18 heavy (non-hydrogen) atoms. The number of rotatable bonds is 3. The molecule has 0 atom stereocenters. The average Bonchev–Trinajstić information content (AvgIpc) is 2.74. The number of aromatic nitrogens is 3. The van der Waals surface area contributed by atoms with Gasteiger partial charge in [-0.05, 0) is 48.8 Å². The van der Waals surface area contributed by atoms with Gasteiger partial charge in [0.15, 0.2) is 10.2 Å². The van der Waals surface area contributed by atoms with Crippen molar-refractivity contribution in [3.8, 4) is 0 Å². The molecule has 6 nitrogen and oxygen atoms in total. The third kappa shape index (κ3) is 2.59. The van der Waals surface area contributed by atoms with Crippen molar-refractivity contribution in [3.63, 3.8) is 0 Å². The molecule has 0 amide bonds. The summed E-state index contributed by atoms with van der Waals surface area (Å²) in [6, 6.07) is 1.81. The van der Waals surface area contributed by atoms with E-state index in [0.717, 1.165) is 15.7 Å². The number of aryl methyl sites for hydroxylation is 2. The van der Waals surface area contributed by atoms with Crippen molar-refractivity contribution < 1.29 is 5.21 Å². The molecule has 0 aliphatic carbocycles. The number of oxime groups is 1. The van der Waals surface area contributed by atoms with Crippen LogP contribution >= 0.6 is 23.3 Å². The zero-order valence-corrected chi connectivity index (χ0v) is 11.4. The highest BCUT2D eigenvalue weighted by molar-refractivity contribution is 8.01. The second kappa shape index (κ2) is 5.32. The fourth-order valence-electron chi connectivity index (χ4n) is 1.37. The molecule has 2 heterocycles. The van der Waals surface area contributed by atoms with Gasteiger partial charge in [-0.2, -0.15) is 4.37 Å². The Morgan fingerprint density at radius 3 is 2.89 bits per heavy atom. The lowest BCUT2D eigenvalue weighted by molar-refractivity contribution is 0.318. The summed E-state index contributed by atoms with van der Waals surface area (Å²) in [4.78, 5) is 8.49. The molecule has 0 spiro atoms. The Labute approximate surface area is 112 Å². The lowest BCUT2D eigenvalue weighted by atomic mass is 10.1. The number of hydrogen-bond acceptors (Lipinski definition) is 7. The van der Waals surface area contributed by atoms with Gasteiger partial charge in [0, 0.05) is 6.20 Å². The normalized spacial score (nSPS) is 11.8. The van der Waals surface area contributed by atoms with Crippen LogP contribution in [0.25, 0.3) is 0 Å². The number of pyridine rings is 1. The number of nitrogens with zero attached hydrogens (tertiary/aromatic N) is 4. The minimum Gasteiger partial charge on any atom is -0.409 e. The summed E-state index contributed by atoms with van der Waals surface area (Å²) in [5.74, 6) is 0.768. The van der Waals surface area contributed by atoms with Gasteiger partial charge in [0.25, 0.3) is 0 Å². The fourth-order valence-corrected chi connectivity index (χ4v) is 3.12. The maximum Gasteiger partial charge on any atom is 0.176 e. The summed E-state index contributed by atoms with van der Waals surface area (Å²) >= 11 is 2.65. The molecule has 3 N–H and O–H groups in total. The summed E-state index contributed by atoms with van der Waals surface area (Å²) < 4.78 is 4.88.